The van der Waals surface area contributed by atoms with Gasteiger partial charge in [-0.05, 0) is 29.3 Å². The van der Waals surface area contributed by atoms with E-state index >= 15 is 0 Å². The zero-order valence-electron chi connectivity index (χ0n) is 23.0. The number of carbonyl (C=O) groups excluding carboxylic acids is 2. The first-order chi connectivity index (χ1) is 18.2. The number of nitrogens with one attached hydrogen (secondary N) is 2. The van der Waals surface area contributed by atoms with E-state index < -0.39 is 0 Å². The Bertz CT molecular complexity index is 1260. The van der Waals surface area contributed by atoms with Gasteiger partial charge in [0.05, 0.1) is 23.8 Å². The van der Waals surface area contributed by atoms with Crippen LogP contribution in [0.1, 0.15) is 30.9 Å². The average Bonchev–Trinajstić information content (AvgIpc) is 3.52. The van der Waals surface area contributed by atoms with Gasteiger partial charge in [-0.3, -0.25) is 14.6 Å². The third kappa shape index (κ3) is 8.55. The van der Waals surface area contributed by atoms with Gasteiger partial charge in [-0.2, -0.15) is 4.98 Å². The molecule has 13 heteroatoms. The Balaban J connectivity index is 0.00000280. The zero-order valence-corrected chi connectivity index (χ0v) is 25.4. The topological polar surface area (TPSA) is 107 Å². The fourth-order valence-electron chi connectivity index (χ4n) is 4.28. The first kappa shape index (κ1) is 33.3. The second-order valence-corrected chi connectivity index (χ2v) is 10.0. The number of anilines is 1. The Kier molecular flexibility index (Phi) is 12.7. The highest BCUT2D eigenvalue weighted by atomic mass is 35.5. The third-order valence-corrected chi connectivity index (χ3v) is 6.66. The minimum atomic E-state index is -0.212. The molecule has 2 amide bonds. The molecule has 2 heterocycles. The number of aryl methyl sites for hydroxylation is 1. The van der Waals surface area contributed by atoms with Gasteiger partial charge in [0.2, 0.25) is 17.6 Å². The van der Waals surface area contributed by atoms with Gasteiger partial charge in [0.25, 0.3) is 5.91 Å². The van der Waals surface area contributed by atoms with E-state index in [4.69, 9.17) is 16.1 Å². The van der Waals surface area contributed by atoms with E-state index in [0.29, 0.717) is 60.2 Å². The van der Waals surface area contributed by atoms with E-state index in [1.807, 2.05) is 31.0 Å². The van der Waals surface area contributed by atoms with Crippen molar-refractivity contribution in [3.05, 3.63) is 64.5 Å². The average molecular weight is 613 g/mol. The van der Waals surface area contributed by atoms with E-state index in [1.165, 1.54) is 11.1 Å². The molecule has 2 N–H and O–H groups in total. The van der Waals surface area contributed by atoms with E-state index in [9.17, 15) is 9.59 Å². The Labute approximate surface area is 252 Å². The fraction of sp³-hybridized carbons (Fsp3) is 0.407. The third-order valence-electron chi connectivity index (χ3n) is 6.34. The molecule has 1 aliphatic rings. The van der Waals surface area contributed by atoms with Crippen LogP contribution in [0.4, 0.5) is 5.69 Å². The molecule has 40 heavy (non-hydrogen) atoms. The number of hydrogen-bond donors (Lipinski definition) is 2. The largest absolute Gasteiger partial charge is 0.353 e. The highest BCUT2D eigenvalue weighted by Gasteiger charge is 2.27. The van der Waals surface area contributed by atoms with Crippen LogP contribution in [-0.2, 0) is 22.7 Å². The van der Waals surface area contributed by atoms with Crippen molar-refractivity contribution in [3.63, 3.8) is 0 Å². The Morgan fingerprint density at radius 3 is 2.35 bits per heavy atom. The number of carbonyl (C=O) groups is 2. The van der Waals surface area contributed by atoms with Crippen LogP contribution in [0.3, 0.4) is 0 Å². The van der Waals surface area contributed by atoms with Gasteiger partial charge in [0.1, 0.15) is 0 Å². The molecule has 0 fully saturated rings. The molecule has 4 rings (SSSR count). The van der Waals surface area contributed by atoms with Crippen LogP contribution in [0.5, 0.6) is 0 Å². The summed E-state index contributed by atoms with van der Waals surface area (Å²) in [6.45, 7) is 8.13. The maximum atomic E-state index is 13.5. The molecule has 10 nitrogen and oxygen atoms in total. The fourth-order valence-corrected chi connectivity index (χ4v) is 4.52. The highest BCUT2D eigenvalue weighted by Crippen LogP contribution is 2.31. The maximum Gasteiger partial charge on any atom is 0.256 e. The summed E-state index contributed by atoms with van der Waals surface area (Å²) in [7, 11) is 1.75. The number of likely N-dealkylation sites (N-methyl/N-ethyl adjacent to an activating group) is 1. The van der Waals surface area contributed by atoms with Crippen molar-refractivity contribution >= 4 is 53.9 Å². The monoisotopic (exact) mass is 611 g/mol. The minimum absolute atomic E-state index is 0. The lowest BCUT2D eigenvalue weighted by Gasteiger charge is -2.31. The first-order valence-corrected chi connectivity index (χ1v) is 13.0. The lowest BCUT2D eigenvalue weighted by atomic mass is 10.1. The maximum absolute atomic E-state index is 13.5. The summed E-state index contributed by atoms with van der Waals surface area (Å²) in [5.41, 5.74) is 3.60. The van der Waals surface area contributed by atoms with Crippen molar-refractivity contribution < 1.29 is 14.1 Å². The smallest absolute Gasteiger partial charge is 0.256 e. The van der Waals surface area contributed by atoms with Crippen molar-refractivity contribution in [2.45, 2.75) is 39.9 Å². The number of amides is 2. The molecule has 3 aromatic rings. The first-order valence-electron chi connectivity index (χ1n) is 12.6. The molecular formula is C27H36Cl3N7O3. The van der Waals surface area contributed by atoms with Crippen molar-refractivity contribution in [2.24, 2.45) is 0 Å². The standard InChI is InChI=1S/C27H34ClN7O3.2ClH/c1-18(2)29-11-12-30-25(36)16-34(24-13-20(9-10-23(24)28)27-31-19(3)38-32-27)17-26(37)33(4)35-14-21-7-5-6-8-22(21)15-35;;/h5-10,13,18,29H,11-12,14-17H2,1-4H3,(H,30,36);2*1H. The van der Waals surface area contributed by atoms with Crippen molar-refractivity contribution in [3.8, 4) is 11.4 Å². The second kappa shape index (κ2) is 15.2. The summed E-state index contributed by atoms with van der Waals surface area (Å²) in [5.74, 6) is 0.467. The molecule has 0 radical (unpaired) electrons. The molecule has 0 bridgehead atoms. The summed E-state index contributed by atoms with van der Waals surface area (Å²) < 4.78 is 5.12. The number of benzene rings is 2. The summed E-state index contributed by atoms with van der Waals surface area (Å²) in [5, 5.41) is 14.2. The van der Waals surface area contributed by atoms with Gasteiger partial charge in [-0.15, -0.1) is 24.8 Å². The minimum Gasteiger partial charge on any atom is -0.353 e. The van der Waals surface area contributed by atoms with Crippen molar-refractivity contribution in [2.75, 3.05) is 38.1 Å². The van der Waals surface area contributed by atoms with Gasteiger partial charge in [-0.25, -0.2) is 5.01 Å². The van der Waals surface area contributed by atoms with Crippen molar-refractivity contribution in [1.29, 1.82) is 0 Å². The summed E-state index contributed by atoms with van der Waals surface area (Å²) in [6.07, 6.45) is 0. The van der Waals surface area contributed by atoms with Crippen LogP contribution in [0, 0.1) is 6.92 Å². The SMILES string of the molecule is Cc1nc(-c2ccc(Cl)c(N(CC(=O)NCCNC(C)C)CC(=O)N(C)N3Cc4ccccc4C3)c2)no1.Cl.Cl. The normalized spacial score (nSPS) is 12.3. The molecule has 0 spiro atoms. The molecule has 218 valence electrons. The number of hydrazine groups is 1. The zero-order chi connectivity index (χ0) is 27.2. The van der Waals surface area contributed by atoms with E-state index in [1.54, 1.807) is 42.1 Å². The van der Waals surface area contributed by atoms with Crippen LogP contribution in [0.25, 0.3) is 11.4 Å². The Hall–Kier alpha value is -2.89. The molecular weight excluding hydrogens is 577 g/mol. The molecule has 2 aromatic carbocycles. The van der Waals surface area contributed by atoms with Crippen molar-refractivity contribution in [1.82, 2.24) is 30.8 Å². The molecule has 0 atom stereocenters. The number of halogens is 3. The predicted octanol–water partition coefficient (Wildman–Crippen LogP) is 3.85. The van der Waals surface area contributed by atoms with Gasteiger partial charge in [0, 0.05) is 51.8 Å². The summed E-state index contributed by atoms with van der Waals surface area (Å²) >= 11 is 6.60. The predicted molar refractivity (Wildman–Crippen MR) is 161 cm³/mol. The van der Waals surface area contributed by atoms with Crippen LogP contribution >= 0.6 is 36.4 Å². The van der Waals surface area contributed by atoms with E-state index in [0.717, 1.165) is 0 Å². The summed E-state index contributed by atoms with van der Waals surface area (Å²) in [4.78, 5) is 32.3. The van der Waals surface area contributed by atoms with Gasteiger partial charge >= 0.3 is 0 Å². The lowest BCUT2D eigenvalue weighted by molar-refractivity contribution is -0.145. The van der Waals surface area contributed by atoms with Crippen LogP contribution in [0.2, 0.25) is 5.02 Å². The Morgan fingerprint density at radius 2 is 1.75 bits per heavy atom. The lowest BCUT2D eigenvalue weighted by Crippen LogP contribution is -2.48. The molecule has 0 unspecified atom stereocenters. The Morgan fingerprint density at radius 1 is 1.07 bits per heavy atom. The second-order valence-electron chi connectivity index (χ2n) is 9.63. The van der Waals surface area contributed by atoms with E-state index in [-0.39, 0.29) is 49.7 Å². The summed E-state index contributed by atoms with van der Waals surface area (Å²) in [6, 6.07) is 13.7. The number of nitrogens with zero attached hydrogens (tertiary/aromatic N) is 5. The number of aromatic nitrogens is 2. The van der Waals surface area contributed by atoms with Crippen LogP contribution in [0.15, 0.2) is 47.0 Å². The molecule has 1 aromatic heterocycles. The van der Waals surface area contributed by atoms with Gasteiger partial charge in [-0.1, -0.05) is 54.9 Å². The van der Waals surface area contributed by atoms with Gasteiger partial charge < -0.3 is 20.1 Å². The van der Waals surface area contributed by atoms with Crippen LogP contribution in [-0.4, -0.2) is 71.2 Å². The quantitative estimate of drug-likeness (QED) is 0.315. The highest BCUT2D eigenvalue weighted by molar-refractivity contribution is 6.33. The number of fused-ring (bicyclic) bond motifs is 1. The van der Waals surface area contributed by atoms with E-state index in [2.05, 4.69) is 32.9 Å². The molecule has 0 aliphatic carbocycles. The van der Waals surface area contributed by atoms with Crippen LogP contribution < -0.4 is 15.5 Å². The number of rotatable bonds is 11. The number of hydrogen-bond acceptors (Lipinski definition) is 8. The van der Waals surface area contributed by atoms with Gasteiger partial charge in [0.15, 0.2) is 0 Å². The molecule has 1 aliphatic heterocycles. The molecule has 0 saturated heterocycles. The molecule has 0 saturated carbocycles.